The van der Waals surface area contributed by atoms with Gasteiger partial charge in [-0.1, -0.05) is 6.07 Å². The Bertz CT molecular complexity index is 308. The average molecular weight is 144 g/mol. The van der Waals surface area contributed by atoms with E-state index in [0.717, 1.165) is 17.8 Å². The summed E-state index contributed by atoms with van der Waals surface area (Å²) in [6.07, 6.45) is 7.00. The van der Waals surface area contributed by atoms with Crippen molar-refractivity contribution in [3.63, 3.8) is 0 Å². The summed E-state index contributed by atoms with van der Waals surface area (Å²) in [4.78, 5) is 4.08. The molecule has 0 saturated carbocycles. The van der Waals surface area contributed by atoms with E-state index in [1.807, 2.05) is 12.1 Å². The Morgan fingerprint density at radius 2 is 2.55 bits per heavy atom. The number of aromatic nitrogens is 1. The first kappa shape index (κ1) is 6.38. The Kier molecular flexibility index (Phi) is 1.38. The van der Waals surface area contributed by atoms with E-state index < -0.39 is 0 Å². The van der Waals surface area contributed by atoms with Crippen LogP contribution in [0.2, 0.25) is 0 Å². The lowest BCUT2D eigenvalue weighted by molar-refractivity contribution is 1.04. The van der Waals surface area contributed by atoms with Crippen LogP contribution in [-0.4, -0.2) is 11.5 Å². The monoisotopic (exact) mass is 144 g/mol. The molecule has 1 aromatic rings. The second-order valence-corrected chi connectivity index (χ2v) is 2.55. The summed E-state index contributed by atoms with van der Waals surface area (Å²) >= 11 is 0. The highest BCUT2D eigenvalue weighted by atomic mass is 15.1. The molecule has 1 aliphatic rings. The Labute approximate surface area is 65.7 Å². The van der Waals surface area contributed by atoms with E-state index in [-0.39, 0.29) is 0 Å². The standard InChI is InChI=1S/C9H8N2/c1-2-8-7(9-6-11-9)4-3-5-10-8/h1,3-5,9,11H,6H2/t9-/m0/s1. The summed E-state index contributed by atoms with van der Waals surface area (Å²) in [5, 5.41) is 3.19. The van der Waals surface area contributed by atoms with E-state index in [0.29, 0.717) is 6.04 Å². The lowest BCUT2D eigenvalue weighted by Crippen LogP contribution is -1.92. The minimum atomic E-state index is 0.453. The number of rotatable bonds is 1. The number of hydrogen-bond acceptors (Lipinski definition) is 2. The molecule has 0 spiro atoms. The van der Waals surface area contributed by atoms with Gasteiger partial charge in [-0.05, 0) is 12.0 Å². The molecule has 1 atom stereocenters. The molecule has 0 bridgehead atoms. The van der Waals surface area contributed by atoms with Gasteiger partial charge in [0, 0.05) is 24.3 Å². The first-order chi connectivity index (χ1) is 5.42. The van der Waals surface area contributed by atoms with Crippen molar-refractivity contribution in [3.8, 4) is 12.3 Å². The number of pyridine rings is 1. The van der Waals surface area contributed by atoms with Crippen molar-refractivity contribution in [1.29, 1.82) is 0 Å². The second kappa shape index (κ2) is 2.37. The van der Waals surface area contributed by atoms with Crippen LogP contribution in [0.15, 0.2) is 18.3 Å². The highest BCUT2D eigenvalue weighted by molar-refractivity contribution is 5.37. The molecule has 1 saturated heterocycles. The minimum Gasteiger partial charge on any atom is -0.307 e. The van der Waals surface area contributed by atoms with Crippen molar-refractivity contribution in [1.82, 2.24) is 10.3 Å². The molecule has 2 rings (SSSR count). The summed E-state index contributed by atoms with van der Waals surface area (Å²) in [6, 6.07) is 4.39. The zero-order chi connectivity index (χ0) is 7.68. The molecule has 0 radical (unpaired) electrons. The van der Waals surface area contributed by atoms with Crippen molar-refractivity contribution in [2.45, 2.75) is 6.04 Å². The fraction of sp³-hybridized carbons (Fsp3) is 0.222. The molecule has 0 aliphatic carbocycles. The highest BCUT2D eigenvalue weighted by Gasteiger charge is 2.24. The smallest absolute Gasteiger partial charge is 0.117 e. The van der Waals surface area contributed by atoms with Crippen molar-refractivity contribution < 1.29 is 0 Å². The van der Waals surface area contributed by atoms with Gasteiger partial charge in [0.15, 0.2) is 0 Å². The van der Waals surface area contributed by atoms with Crippen molar-refractivity contribution >= 4 is 0 Å². The summed E-state index contributed by atoms with van der Waals surface area (Å²) in [7, 11) is 0. The summed E-state index contributed by atoms with van der Waals surface area (Å²) in [5.74, 6) is 2.57. The zero-order valence-corrected chi connectivity index (χ0v) is 6.04. The third kappa shape index (κ3) is 1.11. The molecular formula is C9H8N2. The first-order valence-electron chi connectivity index (χ1n) is 3.56. The first-order valence-corrected chi connectivity index (χ1v) is 3.56. The van der Waals surface area contributed by atoms with Gasteiger partial charge in [-0.2, -0.15) is 0 Å². The Hall–Kier alpha value is -1.33. The molecule has 11 heavy (non-hydrogen) atoms. The molecule has 1 N–H and O–H groups in total. The maximum Gasteiger partial charge on any atom is 0.117 e. The van der Waals surface area contributed by atoms with Crippen LogP contribution in [0.4, 0.5) is 0 Å². The van der Waals surface area contributed by atoms with Crippen molar-refractivity contribution in [2.24, 2.45) is 0 Å². The zero-order valence-electron chi connectivity index (χ0n) is 6.04. The molecule has 2 nitrogen and oxygen atoms in total. The van der Waals surface area contributed by atoms with Crippen LogP contribution in [0, 0.1) is 12.3 Å². The Morgan fingerprint density at radius 3 is 3.18 bits per heavy atom. The van der Waals surface area contributed by atoms with Gasteiger partial charge in [0.25, 0.3) is 0 Å². The predicted octanol–water partition coefficient (Wildman–Crippen LogP) is 0.707. The van der Waals surface area contributed by atoms with E-state index in [9.17, 15) is 0 Å². The molecule has 0 aromatic carbocycles. The molecule has 0 amide bonds. The number of hydrogen-bond donors (Lipinski definition) is 1. The highest BCUT2D eigenvalue weighted by Crippen LogP contribution is 2.22. The van der Waals surface area contributed by atoms with Crippen LogP contribution in [0.25, 0.3) is 0 Å². The topological polar surface area (TPSA) is 34.8 Å². The van der Waals surface area contributed by atoms with Crippen molar-refractivity contribution in [3.05, 3.63) is 29.6 Å². The fourth-order valence-corrected chi connectivity index (χ4v) is 1.10. The van der Waals surface area contributed by atoms with E-state index in [4.69, 9.17) is 6.42 Å². The van der Waals surface area contributed by atoms with E-state index >= 15 is 0 Å². The van der Waals surface area contributed by atoms with Crippen LogP contribution >= 0.6 is 0 Å². The van der Waals surface area contributed by atoms with Gasteiger partial charge < -0.3 is 5.32 Å². The molecule has 1 aliphatic heterocycles. The summed E-state index contributed by atoms with van der Waals surface area (Å²) < 4.78 is 0. The lowest BCUT2D eigenvalue weighted by Gasteiger charge is -1.97. The minimum absolute atomic E-state index is 0.453. The number of nitrogens with one attached hydrogen (secondary N) is 1. The molecular weight excluding hydrogens is 136 g/mol. The molecule has 1 fully saturated rings. The normalized spacial score (nSPS) is 20.8. The van der Waals surface area contributed by atoms with Gasteiger partial charge in [-0.15, -0.1) is 6.42 Å². The Morgan fingerprint density at radius 1 is 1.73 bits per heavy atom. The maximum absolute atomic E-state index is 5.28. The molecule has 1 aromatic heterocycles. The van der Waals surface area contributed by atoms with Crippen LogP contribution in [-0.2, 0) is 0 Å². The molecule has 2 heteroatoms. The summed E-state index contributed by atoms with van der Waals surface area (Å²) in [5.41, 5.74) is 1.91. The van der Waals surface area contributed by atoms with Gasteiger partial charge in [0.05, 0.1) is 0 Å². The third-order valence-corrected chi connectivity index (χ3v) is 1.76. The third-order valence-electron chi connectivity index (χ3n) is 1.76. The van der Waals surface area contributed by atoms with Crippen LogP contribution < -0.4 is 5.32 Å². The van der Waals surface area contributed by atoms with Gasteiger partial charge in [0.2, 0.25) is 0 Å². The van der Waals surface area contributed by atoms with Gasteiger partial charge in [-0.3, -0.25) is 0 Å². The maximum atomic E-state index is 5.28. The van der Waals surface area contributed by atoms with Gasteiger partial charge in [-0.25, -0.2) is 4.98 Å². The Balaban J connectivity index is 2.44. The van der Waals surface area contributed by atoms with Crippen LogP contribution in [0.5, 0.6) is 0 Å². The van der Waals surface area contributed by atoms with E-state index in [2.05, 4.69) is 16.2 Å². The number of nitrogens with zero attached hydrogens (tertiary/aromatic N) is 1. The lowest BCUT2D eigenvalue weighted by atomic mass is 10.1. The van der Waals surface area contributed by atoms with Gasteiger partial charge >= 0.3 is 0 Å². The fourth-order valence-electron chi connectivity index (χ4n) is 1.10. The van der Waals surface area contributed by atoms with E-state index in [1.54, 1.807) is 6.20 Å². The van der Waals surface area contributed by atoms with Crippen LogP contribution in [0.3, 0.4) is 0 Å². The number of terminal acetylenes is 1. The van der Waals surface area contributed by atoms with E-state index in [1.165, 1.54) is 0 Å². The average Bonchev–Trinajstić information content (AvgIpc) is 2.87. The summed E-state index contributed by atoms with van der Waals surface area (Å²) in [6.45, 7) is 1.03. The molecule has 54 valence electrons. The van der Waals surface area contributed by atoms with Gasteiger partial charge in [0.1, 0.15) is 5.69 Å². The quantitative estimate of drug-likeness (QED) is 0.465. The molecule has 2 heterocycles. The second-order valence-electron chi connectivity index (χ2n) is 2.55. The van der Waals surface area contributed by atoms with Crippen LogP contribution in [0.1, 0.15) is 17.3 Å². The largest absolute Gasteiger partial charge is 0.307 e. The SMILES string of the molecule is C#Cc1ncccc1[C@@H]1CN1. The van der Waals surface area contributed by atoms with Crippen molar-refractivity contribution in [2.75, 3.05) is 6.54 Å². The molecule has 0 unspecified atom stereocenters. The predicted molar refractivity (Wildman–Crippen MR) is 42.9 cm³/mol.